The molecule has 2 aliphatic rings. The van der Waals surface area contributed by atoms with Gasteiger partial charge in [-0.05, 0) is 46.1 Å². The zero-order chi connectivity index (χ0) is 14.0. The molecule has 3 atom stereocenters. The minimum Gasteiger partial charge on any atom is -0.345 e. The van der Waals surface area contributed by atoms with Crippen LogP contribution in [0.15, 0.2) is 0 Å². The van der Waals surface area contributed by atoms with Gasteiger partial charge in [0.15, 0.2) is 0 Å². The van der Waals surface area contributed by atoms with Crippen LogP contribution in [0.5, 0.6) is 0 Å². The lowest BCUT2D eigenvalue weighted by atomic mass is 9.95. The summed E-state index contributed by atoms with van der Waals surface area (Å²) >= 11 is 0. The number of hydrogen-bond donors (Lipinski definition) is 1. The average molecular weight is 267 g/mol. The molecule has 2 aliphatic heterocycles. The Hall–Kier alpha value is -0.610. The Bertz CT molecular complexity index is 307. The number of carbonyl (C=O) groups excluding carboxylic acids is 1. The predicted molar refractivity (Wildman–Crippen MR) is 78.1 cm³/mol. The molecular weight excluding hydrogens is 238 g/mol. The molecule has 0 spiro atoms. The van der Waals surface area contributed by atoms with Gasteiger partial charge in [-0.1, -0.05) is 6.92 Å². The van der Waals surface area contributed by atoms with Crippen molar-refractivity contribution in [1.82, 2.24) is 15.1 Å². The smallest absolute Gasteiger partial charge is 0.239 e. The number of hydrogen-bond acceptors (Lipinski definition) is 3. The third-order valence-corrected chi connectivity index (χ3v) is 4.94. The van der Waals surface area contributed by atoms with Crippen LogP contribution in [-0.2, 0) is 4.79 Å². The molecule has 2 heterocycles. The summed E-state index contributed by atoms with van der Waals surface area (Å²) in [5.74, 6) is 0.279. The minimum absolute atomic E-state index is 0.0463. The normalized spacial score (nSPS) is 32.3. The van der Waals surface area contributed by atoms with Crippen LogP contribution in [0.3, 0.4) is 0 Å². The van der Waals surface area contributed by atoms with E-state index in [0.29, 0.717) is 18.1 Å². The lowest BCUT2D eigenvalue weighted by Gasteiger charge is -2.42. The van der Waals surface area contributed by atoms with Gasteiger partial charge < -0.3 is 10.2 Å². The van der Waals surface area contributed by atoms with Crippen molar-refractivity contribution in [3.63, 3.8) is 0 Å². The van der Waals surface area contributed by atoms with E-state index in [1.54, 1.807) is 0 Å². The van der Waals surface area contributed by atoms with Crippen LogP contribution in [-0.4, -0.2) is 60.0 Å². The summed E-state index contributed by atoms with van der Waals surface area (Å²) in [6, 6.07) is 1.91. The fourth-order valence-corrected chi connectivity index (χ4v) is 3.90. The standard InChI is InChI=1S/C15H29N3O/c1-5-16-12-9-13-7-8-14(10-12)18(13)11(3)15(19)17(4)6-2/h11-14,16H,5-10H2,1-4H3. The molecule has 0 saturated carbocycles. The van der Waals surface area contributed by atoms with Crippen LogP contribution in [0.4, 0.5) is 0 Å². The average Bonchev–Trinajstić information content (AvgIpc) is 2.68. The van der Waals surface area contributed by atoms with Crippen LogP contribution >= 0.6 is 0 Å². The number of amides is 1. The third kappa shape index (κ3) is 2.95. The molecule has 19 heavy (non-hydrogen) atoms. The molecule has 4 nitrogen and oxygen atoms in total. The summed E-state index contributed by atoms with van der Waals surface area (Å²) in [5, 5.41) is 3.59. The maximum absolute atomic E-state index is 12.4. The Kier molecular flexibility index (Phi) is 4.85. The second kappa shape index (κ2) is 6.23. The van der Waals surface area contributed by atoms with Gasteiger partial charge in [-0.3, -0.25) is 9.69 Å². The van der Waals surface area contributed by atoms with E-state index in [1.165, 1.54) is 25.7 Å². The molecule has 0 aromatic rings. The second-order valence-corrected chi connectivity index (χ2v) is 6.09. The van der Waals surface area contributed by atoms with E-state index in [2.05, 4.69) is 24.1 Å². The molecule has 1 amide bonds. The molecule has 2 rings (SSSR count). The van der Waals surface area contributed by atoms with Crippen molar-refractivity contribution < 1.29 is 4.79 Å². The summed E-state index contributed by atoms with van der Waals surface area (Å²) < 4.78 is 0. The molecule has 4 heteroatoms. The van der Waals surface area contributed by atoms with Gasteiger partial charge in [0.1, 0.15) is 0 Å². The summed E-state index contributed by atoms with van der Waals surface area (Å²) in [4.78, 5) is 16.7. The second-order valence-electron chi connectivity index (χ2n) is 6.09. The van der Waals surface area contributed by atoms with Crippen molar-refractivity contribution in [2.45, 2.75) is 70.6 Å². The summed E-state index contributed by atoms with van der Waals surface area (Å²) in [6.45, 7) is 8.16. The van der Waals surface area contributed by atoms with Gasteiger partial charge in [0.2, 0.25) is 5.91 Å². The number of fused-ring (bicyclic) bond motifs is 2. The molecule has 2 saturated heterocycles. The SMILES string of the molecule is CCNC1CC2CCC(C1)N2C(C)C(=O)N(C)CC. The highest BCUT2D eigenvalue weighted by Gasteiger charge is 2.44. The highest BCUT2D eigenvalue weighted by atomic mass is 16.2. The maximum Gasteiger partial charge on any atom is 0.239 e. The Balaban J connectivity index is 2.01. The van der Waals surface area contributed by atoms with Crippen molar-refractivity contribution in [2.24, 2.45) is 0 Å². The van der Waals surface area contributed by atoms with Gasteiger partial charge in [-0.25, -0.2) is 0 Å². The first-order chi connectivity index (χ1) is 9.08. The molecule has 0 aliphatic carbocycles. The monoisotopic (exact) mass is 267 g/mol. The summed E-state index contributed by atoms with van der Waals surface area (Å²) in [7, 11) is 1.91. The molecule has 0 aromatic heterocycles. The van der Waals surface area contributed by atoms with Gasteiger partial charge in [0.05, 0.1) is 6.04 Å². The number of rotatable bonds is 5. The van der Waals surface area contributed by atoms with E-state index in [4.69, 9.17) is 0 Å². The highest BCUT2D eigenvalue weighted by molar-refractivity contribution is 5.81. The van der Waals surface area contributed by atoms with Crippen molar-refractivity contribution in [3.05, 3.63) is 0 Å². The fourth-order valence-electron chi connectivity index (χ4n) is 3.90. The minimum atomic E-state index is 0.0463. The first-order valence-corrected chi connectivity index (χ1v) is 7.84. The van der Waals surface area contributed by atoms with Gasteiger partial charge in [0.25, 0.3) is 0 Å². The first kappa shape index (κ1) is 14.8. The van der Waals surface area contributed by atoms with E-state index in [1.807, 2.05) is 18.9 Å². The zero-order valence-electron chi connectivity index (χ0n) is 12.9. The zero-order valence-corrected chi connectivity index (χ0v) is 12.9. The number of piperidine rings is 1. The molecular formula is C15H29N3O. The predicted octanol–water partition coefficient (Wildman–Crippen LogP) is 1.46. The maximum atomic E-state index is 12.4. The molecule has 0 aromatic carbocycles. The Labute approximate surface area is 117 Å². The van der Waals surface area contributed by atoms with E-state index in [-0.39, 0.29) is 11.9 Å². The van der Waals surface area contributed by atoms with Crippen LogP contribution < -0.4 is 5.32 Å². The van der Waals surface area contributed by atoms with Crippen LogP contribution in [0.25, 0.3) is 0 Å². The van der Waals surface area contributed by atoms with Gasteiger partial charge >= 0.3 is 0 Å². The van der Waals surface area contributed by atoms with Gasteiger partial charge in [-0.15, -0.1) is 0 Å². The topological polar surface area (TPSA) is 35.6 Å². The molecule has 2 fully saturated rings. The lowest BCUT2D eigenvalue weighted by Crippen LogP contribution is -2.56. The number of nitrogens with one attached hydrogen (secondary N) is 1. The lowest BCUT2D eigenvalue weighted by molar-refractivity contribution is -0.137. The number of carbonyl (C=O) groups is 1. The quantitative estimate of drug-likeness (QED) is 0.819. The molecule has 2 bridgehead atoms. The van der Waals surface area contributed by atoms with E-state index >= 15 is 0 Å². The molecule has 3 unspecified atom stereocenters. The Morgan fingerprint density at radius 1 is 1.32 bits per heavy atom. The van der Waals surface area contributed by atoms with Gasteiger partial charge in [-0.2, -0.15) is 0 Å². The van der Waals surface area contributed by atoms with Crippen molar-refractivity contribution in [1.29, 1.82) is 0 Å². The van der Waals surface area contributed by atoms with Crippen LogP contribution in [0.2, 0.25) is 0 Å². The van der Waals surface area contributed by atoms with E-state index < -0.39 is 0 Å². The van der Waals surface area contributed by atoms with E-state index in [0.717, 1.165) is 13.1 Å². The number of nitrogens with zero attached hydrogens (tertiary/aromatic N) is 2. The summed E-state index contributed by atoms with van der Waals surface area (Å²) in [5.41, 5.74) is 0. The third-order valence-electron chi connectivity index (χ3n) is 4.94. The van der Waals surface area contributed by atoms with Crippen molar-refractivity contribution in [2.75, 3.05) is 20.1 Å². The van der Waals surface area contributed by atoms with Crippen molar-refractivity contribution >= 4 is 5.91 Å². The largest absolute Gasteiger partial charge is 0.345 e. The Morgan fingerprint density at radius 3 is 2.37 bits per heavy atom. The highest BCUT2D eigenvalue weighted by Crippen LogP contribution is 2.37. The molecule has 110 valence electrons. The van der Waals surface area contributed by atoms with Gasteiger partial charge in [0, 0.05) is 31.7 Å². The first-order valence-electron chi connectivity index (χ1n) is 7.84. The fraction of sp³-hybridized carbons (Fsp3) is 0.933. The molecule has 0 radical (unpaired) electrons. The van der Waals surface area contributed by atoms with Crippen molar-refractivity contribution in [3.8, 4) is 0 Å². The van der Waals surface area contributed by atoms with Crippen LogP contribution in [0, 0.1) is 0 Å². The summed E-state index contributed by atoms with van der Waals surface area (Å²) in [6.07, 6.45) is 4.94. The molecule has 1 N–H and O–H groups in total. The van der Waals surface area contributed by atoms with Crippen LogP contribution in [0.1, 0.15) is 46.5 Å². The number of likely N-dealkylation sites (N-methyl/N-ethyl adjacent to an activating group) is 1. The Morgan fingerprint density at radius 2 is 1.89 bits per heavy atom. The van der Waals surface area contributed by atoms with E-state index in [9.17, 15) is 4.79 Å².